The molecule has 1 fully saturated rings. The summed E-state index contributed by atoms with van der Waals surface area (Å²) >= 11 is 0. The highest BCUT2D eigenvalue weighted by atomic mass is 15.2. The minimum atomic E-state index is 1.17. The van der Waals surface area contributed by atoms with E-state index in [9.17, 15) is 0 Å². The Labute approximate surface area is 94.8 Å². The van der Waals surface area contributed by atoms with Crippen LogP contribution in [0.1, 0.15) is 26.7 Å². The average Bonchev–Trinajstić information content (AvgIpc) is 2.29. The smallest absolute Gasteiger partial charge is 0.0107 e. The van der Waals surface area contributed by atoms with Crippen LogP contribution in [-0.4, -0.2) is 62.2 Å². The molecule has 3 nitrogen and oxygen atoms in total. The van der Waals surface area contributed by atoms with Gasteiger partial charge in [0.15, 0.2) is 0 Å². The van der Waals surface area contributed by atoms with Crippen LogP contribution in [0.4, 0.5) is 0 Å². The van der Waals surface area contributed by atoms with Crippen LogP contribution in [0.25, 0.3) is 0 Å². The molecule has 1 rings (SSSR count). The van der Waals surface area contributed by atoms with Gasteiger partial charge in [-0.3, -0.25) is 0 Å². The monoisotopic (exact) mass is 213 g/mol. The molecular formula is C12H27N3. The van der Waals surface area contributed by atoms with E-state index in [1.54, 1.807) is 0 Å². The lowest BCUT2D eigenvalue weighted by atomic mass is 10.3. The highest BCUT2D eigenvalue weighted by Gasteiger charge is 2.09. The summed E-state index contributed by atoms with van der Waals surface area (Å²) in [6, 6.07) is 0. The first-order valence-electron chi connectivity index (χ1n) is 6.52. The number of nitrogens with zero attached hydrogens (tertiary/aromatic N) is 2. The van der Waals surface area contributed by atoms with E-state index in [-0.39, 0.29) is 0 Å². The topological polar surface area (TPSA) is 18.5 Å². The Morgan fingerprint density at radius 1 is 1.13 bits per heavy atom. The first-order valence-corrected chi connectivity index (χ1v) is 6.52. The molecule has 15 heavy (non-hydrogen) atoms. The van der Waals surface area contributed by atoms with Crippen LogP contribution in [0.5, 0.6) is 0 Å². The zero-order valence-corrected chi connectivity index (χ0v) is 10.5. The molecule has 0 aromatic heterocycles. The standard InChI is InChI=1S/C12H27N3/c1-3-8-14(4-2)9-5-10-15-11-6-13-7-12-15/h13H,3-12H2,1-2H3. The van der Waals surface area contributed by atoms with Crippen molar-refractivity contribution in [2.75, 3.05) is 52.4 Å². The predicted molar refractivity (Wildman–Crippen MR) is 66.3 cm³/mol. The molecule has 0 saturated carbocycles. The Bertz CT molecular complexity index is 139. The van der Waals surface area contributed by atoms with E-state index in [1.807, 2.05) is 0 Å². The molecule has 0 aliphatic carbocycles. The van der Waals surface area contributed by atoms with Gasteiger partial charge in [-0.25, -0.2) is 0 Å². The maximum Gasteiger partial charge on any atom is 0.0107 e. The van der Waals surface area contributed by atoms with Gasteiger partial charge >= 0.3 is 0 Å². The molecule has 3 heteroatoms. The second-order valence-corrected chi connectivity index (χ2v) is 4.38. The van der Waals surface area contributed by atoms with Crippen LogP contribution in [0, 0.1) is 0 Å². The van der Waals surface area contributed by atoms with Gasteiger partial charge in [0, 0.05) is 26.2 Å². The molecule has 0 bridgehead atoms. The maximum atomic E-state index is 3.39. The Kier molecular flexibility index (Phi) is 6.98. The summed E-state index contributed by atoms with van der Waals surface area (Å²) in [5, 5.41) is 3.39. The number of hydrogen-bond acceptors (Lipinski definition) is 3. The van der Waals surface area contributed by atoms with Crippen molar-refractivity contribution in [3.63, 3.8) is 0 Å². The summed E-state index contributed by atoms with van der Waals surface area (Å²) < 4.78 is 0. The largest absolute Gasteiger partial charge is 0.314 e. The van der Waals surface area contributed by atoms with Crippen molar-refractivity contribution < 1.29 is 0 Å². The molecule has 1 saturated heterocycles. The third-order valence-electron chi connectivity index (χ3n) is 3.15. The second-order valence-electron chi connectivity index (χ2n) is 4.38. The Balaban J connectivity index is 2.03. The summed E-state index contributed by atoms with van der Waals surface area (Å²) in [5.74, 6) is 0. The summed E-state index contributed by atoms with van der Waals surface area (Å²) in [4.78, 5) is 5.14. The van der Waals surface area contributed by atoms with Crippen LogP contribution in [0.2, 0.25) is 0 Å². The summed E-state index contributed by atoms with van der Waals surface area (Å²) in [5.41, 5.74) is 0. The lowest BCUT2D eigenvalue weighted by Crippen LogP contribution is -2.44. The van der Waals surface area contributed by atoms with Crippen LogP contribution >= 0.6 is 0 Å². The Morgan fingerprint density at radius 3 is 2.47 bits per heavy atom. The van der Waals surface area contributed by atoms with Crippen LogP contribution in [0.15, 0.2) is 0 Å². The van der Waals surface area contributed by atoms with E-state index in [4.69, 9.17) is 0 Å². The van der Waals surface area contributed by atoms with Crippen molar-refractivity contribution in [3.8, 4) is 0 Å². The summed E-state index contributed by atoms with van der Waals surface area (Å²) in [7, 11) is 0. The number of piperazine rings is 1. The first kappa shape index (κ1) is 12.9. The summed E-state index contributed by atoms with van der Waals surface area (Å²) in [6.45, 7) is 14.4. The van der Waals surface area contributed by atoms with E-state index < -0.39 is 0 Å². The van der Waals surface area contributed by atoms with Gasteiger partial charge < -0.3 is 15.1 Å². The molecule has 1 aliphatic heterocycles. The van der Waals surface area contributed by atoms with E-state index >= 15 is 0 Å². The quantitative estimate of drug-likeness (QED) is 0.681. The molecule has 0 atom stereocenters. The zero-order valence-electron chi connectivity index (χ0n) is 10.5. The lowest BCUT2D eigenvalue weighted by molar-refractivity contribution is 0.213. The highest BCUT2D eigenvalue weighted by molar-refractivity contribution is 4.68. The van der Waals surface area contributed by atoms with Crippen molar-refractivity contribution >= 4 is 0 Å². The molecule has 1 aliphatic rings. The molecule has 0 radical (unpaired) electrons. The van der Waals surface area contributed by atoms with Gasteiger partial charge in [0.1, 0.15) is 0 Å². The predicted octanol–water partition coefficient (Wildman–Crippen LogP) is 1.01. The highest BCUT2D eigenvalue weighted by Crippen LogP contribution is 1.98. The van der Waals surface area contributed by atoms with Crippen molar-refractivity contribution in [1.29, 1.82) is 0 Å². The molecule has 0 amide bonds. The maximum absolute atomic E-state index is 3.39. The third-order valence-corrected chi connectivity index (χ3v) is 3.15. The fourth-order valence-electron chi connectivity index (χ4n) is 2.20. The van der Waals surface area contributed by atoms with Crippen LogP contribution in [-0.2, 0) is 0 Å². The average molecular weight is 213 g/mol. The van der Waals surface area contributed by atoms with Gasteiger partial charge in [-0.05, 0) is 39.0 Å². The third kappa shape index (κ3) is 5.50. The normalized spacial score (nSPS) is 18.6. The molecule has 0 spiro atoms. The zero-order chi connectivity index (χ0) is 10.9. The van der Waals surface area contributed by atoms with Gasteiger partial charge in [0.2, 0.25) is 0 Å². The molecule has 0 aromatic carbocycles. The van der Waals surface area contributed by atoms with E-state index in [2.05, 4.69) is 29.0 Å². The Morgan fingerprint density at radius 2 is 1.87 bits per heavy atom. The fourth-order valence-corrected chi connectivity index (χ4v) is 2.20. The van der Waals surface area contributed by atoms with Crippen molar-refractivity contribution in [2.24, 2.45) is 0 Å². The van der Waals surface area contributed by atoms with Gasteiger partial charge in [0.25, 0.3) is 0 Å². The molecule has 90 valence electrons. The SMILES string of the molecule is CCCN(CC)CCCN1CCNCC1. The van der Waals surface area contributed by atoms with Crippen LogP contribution < -0.4 is 5.32 Å². The van der Waals surface area contributed by atoms with Gasteiger partial charge in [0.05, 0.1) is 0 Å². The number of hydrogen-bond donors (Lipinski definition) is 1. The lowest BCUT2D eigenvalue weighted by Gasteiger charge is -2.28. The molecule has 0 aromatic rings. The minimum Gasteiger partial charge on any atom is -0.314 e. The van der Waals surface area contributed by atoms with Crippen molar-refractivity contribution in [3.05, 3.63) is 0 Å². The molecule has 1 N–H and O–H groups in total. The minimum absolute atomic E-state index is 1.17. The van der Waals surface area contributed by atoms with E-state index in [1.165, 1.54) is 65.2 Å². The second kappa shape index (κ2) is 8.08. The summed E-state index contributed by atoms with van der Waals surface area (Å²) in [6.07, 6.45) is 2.61. The first-order chi connectivity index (χ1) is 7.36. The van der Waals surface area contributed by atoms with Gasteiger partial charge in [-0.2, -0.15) is 0 Å². The molecular weight excluding hydrogens is 186 g/mol. The van der Waals surface area contributed by atoms with Gasteiger partial charge in [-0.1, -0.05) is 13.8 Å². The van der Waals surface area contributed by atoms with Crippen molar-refractivity contribution in [2.45, 2.75) is 26.7 Å². The van der Waals surface area contributed by atoms with E-state index in [0.29, 0.717) is 0 Å². The number of rotatable bonds is 7. The molecule has 1 heterocycles. The Hall–Kier alpha value is -0.120. The number of nitrogens with one attached hydrogen (secondary N) is 1. The molecule has 0 unspecified atom stereocenters. The van der Waals surface area contributed by atoms with E-state index in [0.717, 1.165) is 0 Å². The van der Waals surface area contributed by atoms with Crippen molar-refractivity contribution in [1.82, 2.24) is 15.1 Å². The fraction of sp³-hybridized carbons (Fsp3) is 1.00. The van der Waals surface area contributed by atoms with Gasteiger partial charge in [-0.15, -0.1) is 0 Å². The van der Waals surface area contributed by atoms with Crippen LogP contribution in [0.3, 0.4) is 0 Å².